The van der Waals surface area contributed by atoms with Gasteiger partial charge in [-0.2, -0.15) is 0 Å². The molecule has 0 saturated carbocycles. The summed E-state index contributed by atoms with van der Waals surface area (Å²) in [7, 11) is 0. The molecule has 0 aliphatic rings. The number of hydrogen-bond donors (Lipinski definition) is 0. The van der Waals surface area contributed by atoms with Gasteiger partial charge >= 0.3 is 0 Å². The maximum Gasteiger partial charge on any atom is 0.0794 e. The quantitative estimate of drug-likeness (QED) is 0.229. The van der Waals surface area contributed by atoms with Crippen LogP contribution in [0.4, 0.5) is 0 Å². The first-order valence-corrected chi connectivity index (χ1v) is 12.9. The van der Waals surface area contributed by atoms with Crippen LogP contribution in [0.2, 0.25) is 0 Å². The Labute approximate surface area is 219 Å². The molecule has 38 heavy (non-hydrogen) atoms. The third-order valence-electron chi connectivity index (χ3n) is 7.68. The number of rotatable bonds is 2. The van der Waals surface area contributed by atoms with E-state index in [9.17, 15) is 0 Å². The molecule has 2 aromatic heterocycles. The van der Waals surface area contributed by atoms with Gasteiger partial charge in [-0.3, -0.25) is 4.98 Å². The van der Waals surface area contributed by atoms with Gasteiger partial charge in [0.1, 0.15) is 0 Å². The van der Waals surface area contributed by atoms with Gasteiger partial charge < -0.3 is 0 Å². The van der Waals surface area contributed by atoms with Crippen molar-refractivity contribution in [2.75, 3.05) is 0 Å². The number of aromatic nitrogens is 2. The van der Waals surface area contributed by atoms with Gasteiger partial charge in [0, 0.05) is 38.7 Å². The largest absolute Gasteiger partial charge is 0.256 e. The summed E-state index contributed by atoms with van der Waals surface area (Å²) in [6, 6.07) is 45.1. The zero-order valence-electron chi connectivity index (χ0n) is 20.6. The van der Waals surface area contributed by atoms with Crippen molar-refractivity contribution in [3.63, 3.8) is 0 Å². The van der Waals surface area contributed by atoms with E-state index in [1.54, 1.807) is 0 Å². The van der Waals surface area contributed by atoms with Crippen LogP contribution in [-0.2, 0) is 0 Å². The highest BCUT2D eigenvalue weighted by molar-refractivity contribution is 6.28. The lowest BCUT2D eigenvalue weighted by Gasteiger charge is -2.16. The molecule has 0 amide bonds. The summed E-state index contributed by atoms with van der Waals surface area (Å²) < 4.78 is 0. The number of benzene rings is 6. The molecule has 0 spiro atoms. The molecular weight excluding hydrogens is 460 g/mol. The van der Waals surface area contributed by atoms with Crippen molar-refractivity contribution in [2.45, 2.75) is 0 Å². The first-order chi connectivity index (χ1) is 18.9. The Morgan fingerprint density at radius 3 is 1.89 bits per heavy atom. The minimum Gasteiger partial charge on any atom is -0.256 e. The molecule has 0 radical (unpaired) electrons. The molecule has 0 fully saturated rings. The molecule has 2 heteroatoms. The Hall–Kier alpha value is -5.08. The van der Waals surface area contributed by atoms with Crippen molar-refractivity contribution >= 4 is 54.1 Å². The van der Waals surface area contributed by atoms with E-state index < -0.39 is 0 Å². The summed E-state index contributed by atoms with van der Waals surface area (Å²) in [5.41, 5.74) is 6.59. The first-order valence-electron chi connectivity index (χ1n) is 12.9. The highest BCUT2D eigenvalue weighted by atomic mass is 14.7. The summed E-state index contributed by atoms with van der Waals surface area (Å²) in [5.74, 6) is 0. The van der Waals surface area contributed by atoms with Gasteiger partial charge in [0.25, 0.3) is 0 Å². The van der Waals surface area contributed by atoms with Crippen molar-refractivity contribution in [1.82, 2.24) is 9.97 Å². The van der Waals surface area contributed by atoms with E-state index in [0.717, 1.165) is 38.4 Å². The summed E-state index contributed by atoms with van der Waals surface area (Å²) in [6.45, 7) is 0. The predicted octanol–water partition coefficient (Wildman–Crippen LogP) is 9.58. The average Bonchev–Trinajstić information content (AvgIpc) is 3.00. The Morgan fingerprint density at radius 1 is 0.395 bits per heavy atom. The standard InChI is InChI=1S/C36H22N2/c1-2-10-23(11-3-1)25-18-19-29(28-15-7-6-14-27(25)28)36-31-20-21-33-35(26-13-5-4-12-24(26)22-37-33)34(31)30-16-8-9-17-32(30)38-36/h1-22H. The molecule has 8 rings (SSSR count). The predicted molar refractivity (Wildman–Crippen MR) is 160 cm³/mol. The minimum absolute atomic E-state index is 0.992. The van der Waals surface area contributed by atoms with Crippen LogP contribution in [0, 0.1) is 0 Å². The van der Waals surface area contributed by atoms with Gasteiger partial charge in [-0.25, -0.2) is 4.98 Å². The van der Waals surface area contributed by atoms with Gasteiger partial charge in [0.05, 0.1) is 16.7 Å². The molecule has 176 valence electrons. The lowest BCUT2D eigenvalue weighted by atomic mass is 9.90. The van der Waals surface area contributed by atoms with Crippen LogP contribution in [0.5, 0.6) is 0 Å². The molecule has 0 aliphatic heterocycles. The van der Waals surface area contributed by atoms with Gasteiger partial charge in [0.2, 0.25) is 0 Å². The van der Waals surface area contributed by atoms with Crippen LogP contribution in [0.3, 0.4) is 0 Å². The molecule has 0 saturated heterocycles. The Morgan fingerprint density at radius 2 is 1.05 bits per heavy atom. The highest BCUT2D eigenvalue weighted by Gasteiger charge is 2.17. The first kappa shape index (κ1) is 21.0. The second-order valence-corrected chi connectivity index (χ2v) is 9.78. The van der Waals surface area contributed by atoms with Gasteiger partial charge in [0.15, 0.2) is 0 Å². The SMILES string of the molecule is c1ccc(-c2ccc(-c3nc4ccccc4c4c3ccc3ncc5ccccc5c34)c3ccccc23)cc1. The molecule has 2 nitrogen and oxygen atoms in total. The van der Waals surface area contributed by atoms with Gasteiger partial charge in [-0.15, -0.1) is 0 Å². The maximum absolute atomic E-state index is 5.29. The van der Waals surface area contributed by atoms with E-state index in [2.05, 4.69) is 127 Å². The molecule has 0 atom stereocenters. The van der Waals surface area contributed by atoms with E-state index in [1.807, 2.05) is 6.20 Å². The summed E-state index contributed by atoms with van der Waals surface area (Å²) in [6.07, 6.45) is 1.98. The number of para-hydroxylation sites is 1. The number of pyridine rings is 2. The van der Waals surface area contributed by atoms with Crippen molar-refractivity contribution in [1.29, 1.82) is 0 Å². The second kappa shape index (κ2) is 8.22. The van der Waals surface area contributed by atoms with Crippen LogP contribution in [0.1, 0.15) is 0 Å². The second-order valence-electron chi connectivity index (χ2n) is 9.78. The minimum atomic E-state index is 0.992. The van der Waals surface area contributed by atoms with Crippen LogP contribution >= 0.6 is 0 Å². The molecule has 0 bridgehead atoms. The smallest absolute Gasteiger partial charge is 0.0794 e. The van der Waals surface area contributed by atoms with Crippen molar-refractivity contribution in [2.24, 2.45) is 0 Å². The van der Waals surface area contributed by atoms with Crippen molar-refractivity contribution in [3.05, 3.63) is 134 Å². The average molecular weight is 483 g/mol. The van der Waals surface area contributed by atoms with E-state index in [0.29, 0.717) is 0 Å². The molecule has 0 unspecified atom stereocenters. The normalized spacial score (nSPS) is 11.7. The fraction of sp³-hybridized carbons (Fsp3) is 0. The van der Waals surface area contributed by atoms with Crippen molar-refractivity contribution < 1.29 is 0 Å². The van der Waals surface area contributed by atoms with Crippen LogP contribution in [0.25, 0.3) is 76.5 Å². The third-order valence-corrected chi connectivity index (χ3v) is 7.68. The summed E-state index contributed by atoms with van der Waals surface area (Å²) in [5, 5.41) is 9.49. The lowest BCUT2D eigenvalue weighted by molar-refractivity contribution is 1.43. The van der Waals surface area contributed by atoms with E-state index in [1.165, 1.54) is 38.1 Å². The Kier molecular flexibility index (Phi) is 4.55. The van der Waals surface area contributed by atoms with Crippen molar-refractivity contribution in [3.8, 4) is 22.4 Å². The van der Waals surface area contributed by atoms with Gasteiger partial charge in [-0.1, -0.05) is 109 Å². The van der Waals surface area contributed by atoms with Crippen LogP contribution in [-0.4, -0.2) is 9.97 Å². The zero-order valence-corrected chi connectivity index (χ0v) is 20.6. The molecule has 6 aromatic carbocycles. The van der Waals surface area contributed by atoms with Crippen LogP contribution in [0.15, 0.2) is 134 Å². The maximum atomic E-state index is 5.29. The fourth-order valence-corrected chi connectivity index (χ4v) is 5.97. The summed E-state index contributed by atoms with van der Waals surface area (Å²) in [4.78, 5) is 10.1. The highest BCUT2D eigenvalue weighted by Crippen LogP contribution is 2.42. The van der Waals surface area contributed by atoms with E-state index >= 15 is 0 Å². The Balaban J connectivity index is 1.54. The van der Waals surface area contributed by atoms with Crippen LogP contribution < -0.4 is 0 Å². The summed E-state index contributed by atoms with van der Waals surface area (Å²) >= 11 is 0. The number of fused-ring (bicyclic) bond motifs is 8. The molecular formula is C36H22N2. The van der Waals surface area contributed by atoms with Gasteiger partial charge in [-0.05, 0) is 45.5 Å². The number of hydrogen-bond acceptors (Lipinski definition) is 2. The topological polar surface area (TPSA) is 25.8 Å². The molecule has 0 N–H and O–H groups in total. The Bertz CT molecular complexity index is 2180. The number of nitrogens with zero attached hydrogens (tertiary/aromatic N) is 2. The van der Waals surface area contributed by atoms with E-state index in [4.69, 9.17) is 9.97 Å². The molecule has 8 aromatic rings. The monoisotopic (exact) mass is 482 g/mol. The fourth-order valence-electron chi connectivity index (χ4n) is 5.97. The lowest BCUT2D eigenvalue weighted by Crippen LogP contribution is -1.94. The zero-order chi connectivity index (χ0) is 25.1. The van der Waals surface area contributed by atoms with E-state index in [-0.39, 0.29) is 0 Å². The third kappa shape index (κ3) is 3.07. The molecule has 0 aliphatic carbocycles. The molecule has 2 heterocycles.